The molecule has 9 nitrogen and oxygen atoms in total. The van der Waals surface area contributed by atoms with Gasteiger partial charge in [-0.05, 0) is 37.5 Å². The first kappa shape index (κ1) is 23.1. The van der Waals surface area contributed by atoms with Crippen LogP contribution in [0.3, 0.4) is 0 Å². The summed E-state index contributed by atoms with van der Waals surface area (Å²) >= 11 is 12.4. The standard InChI is InChI=1S/C22H21Cl2N5O4/c1-2-33-21(32)11-5-7-29(8-6-11)22-27-18-17(20(31)28-22)16(14(10-25)19(30)26-18)13-4-3-12(23)9-15(13)24/h3-4,9,11,14,16H,2,5-8H2,1H3,(H2,26,27,28,30,31). The average molecular weight is 490 g/mol. The number of fused-ring (bicyclic) bond motifs is 1. The van der Waals surface area contributed by atoms with Gasteiger partial charge in [-0.15, -0.1) is 0 Å². The Hall–Kier alpha value is -3.09. The maximum Gasteiger partial charge on any atom is 0.309 e. The van der Waals surface area contributed by atoms with Crippen molar-refractivity contribution in [2.45, 2.75) is 25.7 Å². The molecule has 1 fully saturated rings. The highest BCUT2D eigenvalue weighted by Gasteiger charge is 2.41. The normalized spacial score (nSPS) is 20.5. The zero-order chi connectivity index (χ0) is 23.7. The molecule has 0 bridgehead atoms. The zero-order valence-electron chi connectivity index (χ0n) is 17.7. The number of anilines is 2. The molecule has 0 spiro atoms. The number of amides is 1. The number of halogens is 2. The molecule has 0 saturated carbocycles. The number of aromatic amines is 1. The minimum absolute atomic E-state index is 0.0915. The van der Waals surface area contributed by atoms with Crippen molar-refractivity contribution in [2.75, 3.05) is 29.9 Å². The maximum atomic E-state index is 13.2. The Bertz CT molecular complexity index is 1200. The van der Waals surface area contributed by atoms with Crippen molar-refractivity contribution in [3.8, 4) is 6.07 Å². The molecule has 2 aliphatic heterocycles. The number of aromatic nitrogens is 2. The third kappa shape index (κ3) is 4.41. The minimum atomic E-state index is -1.16. The highest BCUT2D eigenvalue weighted by Crippen LogP contribution is 2.41. The van der Waals surface area contributed by atoms with Gasteiger partial charge in [0.15, 0.2) is 0 Å². The second kappa shape index (κ2) is 9.41. The van der Waals surface area contributed by atoms with E-state index in [1.54, 1.807) is 19.1 Å². The van der Waals surface area contributed by atoms with E-state index in [1.807, 2.05) is 11.0 Å². The fraction of sp³-hybridized carbons (Fsp3) is 0.409. The van der Waals surface area contributed by atoms with E-state index in [1.165, 1.54) is 6.07 Å². The average Bonchev–Trinajstić information content (AvgIpc) is 2.78. The van der Waals surface area contributed by atoms with Gasteiger partial charge < -0.3 is 15.0 Å². The summed E-state index contributed by atoms with van der Waals surface area (Å²) in [6.45, 7) is 3.09. The Balaban J connectivity index is 1.69. The van der Waals surface area contributed by atoms with Gasteiger partial charge in [0.25, 0.3) is 5.56 Å². The lowest BCUT2D eigenvalue weighted by molar-refractivity contribution is -0.148. The van der Waals surface area contributed by atoms with Crippen LogP contribution < -0.4 is 15.8 Å². The van der Waals surface area contributed by atoms with Crippen LogP contribution >= 0.6 is 23.2 Å². The number of hydrogen-bond acceptors (Lipinski definition) is 7. The van der Waals surface area contributed by atoms with Crippen LogP contribution in [0.15, 0.2) is 23.0 Å². The monoisotopic (exact) mass is 489 g/mol. The second-order valence-corrected chi connectivity index (χ2v) is 8.75. The molecule has 3 heterocycles. The van der Waals surface area contributed by atoms with Crippen LogP contribution in [0.4, 0.5) is 11.8 Å². The highest BCUT2D eigenvalue weighted by molar-refractivity contribution is 6.35. The number of nitriles is 1. The number of hydrogen-bond donors (Lipinski definition) is 2. The van der Waals surface area contributed by atoms with Crippen LogP contribution in [0.5, 0.6) is 0 Å². The summed E-state index contributed by atoms with van der Waals surface area (Å²) < 4.78 is 5.10. The van der Waals surface area contributed by atoms with Crippen molar-refractivity contribution in [2.24, 2.45) is 11.8 Å². The van der Waals surface area contributed by atoms with Crippen LogP contribution in [0, 0.1) is 23.2 Å². The van der Waals surface area contributed by atoms with Gasteiger partial charge in [-0.3, -0.25) is 19.4 Å². The predicted molar refractivity (Wildman–Crippen MR) is 122 cm³/mol. The van der Waals surface area contributed by atoms with E-state index < -0.39 is 23.3 Å². The molecule has 0 radical (unpaired) electrons. The van der Waals surface area contributed by atoms with Crippen LogP contribution in [-0.4, -0.2) is 41.5 Å². The molecule has 11 heteroatoms. The fourth-order valence-corrected chi connectivity index (χ4v) is 4.85. The molecule has 33 heavy (non-hydrogen) atoms. The molecule has 2 unspecified atom stereocenters. The van der Waals surface area contributed by atoms with Gasteiger partial charge in [0.2, 0.25) is 11.9 Å². The van der Waals surface area contributed by atoms with Gasteiger partial charge in [-0.2, -0.15) is 10.2 Å². The number of carbonyl (C=O) groups excluding carboxylic acids is 2. The molecule has 2 aliphatic rings. The second-order valence-electron chi connectivity index (χ2n) is 7.90. The number of esters is 1. The summed E-state index contributed by atoms with van der Waals surface area (Å²) in [4.78, 5) is 47.0. The Morgan fingerprint density at radius 3 is 2.67 bits per heavy atom. The van der Waals surface area contributed by atoms with E-state index >= 15 is 0 Å². The Labute approximate surface area is 199 Å². The number of nitrogens with one attached hydrogen (secondary N) is 2. The van der Waals surface area contributed by atoms with Crippen molar-refractivity contribution in [1.29, 1.82) is 5.26 Å². The lowest BCUT2D eigenvalue weighted by Gasteiger charge is -2.33. The van der Waals surface area contributed by atoms with Crippen LogP contribution in [0.25, 0.3) is 0 Å². The Morgan fingerprint density at radius 1 is 1.30 bits per heavy atom. The number of ether oxygens (including phenoxy) is 1. The maximum absolute atomic E-state index is 13.2. The Morgan fingerprint density at radius 2 is 2.03 bits per heavy atom. The summed E-state index contributed by atoms with van der Waals surface area (Å²) in [5, 5.41) is 12.9. The number of benzene rings is 1. The first-order chi connectivity index (χ1) is 15.8. The molecule has 1 amide bonds. The van der Waals surface area contributed by atoms with Crippen molar-refractivity contribution < 1.29 is 14.3 Å². The molecular weight excluding hydrogens is 469 g/mol. The predicted octanol–water partition coefficient (Wildman–Crippen LogP) is 3.08. The van der Waals surface area contributed by atoms with Gasteiger partial charge >= 0.3 is 5.97 Å². The van der Waals surface area contributed by atoms with Crippen molar-refractivity contribution in [1.82, 2.24) is 9.97 Å². The number of carbonyl (C=O) groups is 2. The van der Waals surface area contributed by atoms with Crippen LogP contribution in [0.1, 0.15) is 36.8 Å². The van der Waals surface area contributed by atoms with Gasteiger partial charge in [0, 0.05) is 29.1 Å². The molecule has 1 saturated heterocycles. The molecule has 0 aliphatic carbocycles. The highest BCUT2D eigenvalue weighted by atomic mass is 35.5. The smallest absolute Gasteiger partial charge is 0.309 e. The lowest BCUT2D eigenvalue weighted by Crippen LogP contribution is -2.41. The quantitative estimate of drug-likeness (QED) is 0.631. The first-order valence-corrected chi connectivity index (χ1v) is 11.3. The molecule has 2 aromatic rings. The van der Waals surface area contributed by atoms with Crippen molar-refractivity contribution in [3.05, 3.63) is 49.7 Å². The van der Waals surface area contributed by atoms with E-state index in [0.29, 0.717) is 43.1 Å². The van der Waals surface area contributed by atoms with E-state index in [0.717, 1.165) is 0 Å². The molecule has 1 aromatic heterocycles. The molecule has 172 valence electrons. The third-order valence-electron chi connectivity index (χ3n) is 5.96. The number of rotatable bonds is 4. The number of H-pyrrole nitrogens is 1. The molecule has 1 aromatic carbocycles. The van der Waals surface area contributed by atoms with Crippen molar-refractivity contribution in [3.63, 3.8) is 0 Å². The Kier molecular flexibility index (Phi) is 6.58. The fourth-order valence-electron chi connectivity index (χ4n) is 4.33. The van der Waals surface area contributed by atoms with E-state index in [-0.39, 0.29) is 34.2 Å². The van der Waals surface area contributed by atoms with Gasteiger partial charge in [0.05, 0.1) is 24.2 Å². The van der Waals surface area contributed by atoms with E-state index in [4.69, 9.17) is 27.9 Å². The molecule has 2 atom stereocenters. The number of piperidine rings is 1. The van der Waals surface area contributed by atoms with Crippen molar-refractivity contribution >= 4 is 46.8 Å². The summed E-state index contributed by atoms with van der Waals surface area (Å²) in [6.07, 6.45) is 1.12. The summed E-state index contributed by atoms with van der Waals surface area (Å²) in [7, 11) is 0. The summed E-state index contributed by atoms with van der Waals surface area (Å²) in [5.74, 6) is -2.66. The largest absolute Gasteiger partial charge is 0.466 e. The number of nitrogens with zero attached hydrogens (tertiary/aromatic N) is 3. The molecular formula is C22H21Cl2N5O4. The first-order valence-electron chi connectivity index (χ1n) is 10.5. The van der Waals surface area contributed by atoms with Gasteiger partial charge in [-0.25, -0.2) is 0 Å². The molecule has 2 N–H and O–H groups in total. The SMILES string of the molecule is CCOC(=O)C1CCN(c2nc3c(c(=O)[nH]2)C(c2ccc(Cl)cc2Cl)C(C#N)C(=O)N3)CC1. The van der Waals surface area contributed by atoms with E-state index in [2.05, 4.69) is 15.3 Å². The summed E-state index contributed by atoms with van der Waals surface area (Å²) in [6, 6.07) is 6.68. The third-order valence-corrected chi connectivity index (χ3v) is 6.52. The van der Waals surface area contributed by atoms with Gasteiger partial charge in [0.1, 0.15) is 11.7 Å². The zero-order valence-corrected chi connectivity index (χ0v) is 19.2. The topological polar surface area (TPSA) is 128 Å². The van der Waals surface area contributed by atoms with Crippen LogP contribution in [0.2, 0.25) is 10.0 Å². The van der Waals surface area contributed by atoms with Crippen LogP contribution in [-0.2, 0) is 14.3 Å². The minimum Gasteiger partial charge on any atom is -0.466 e. The molecule has 4 rings (SSSR count). The van der Waals surface area contributed by atoms with Gasteiger partial charge in [-0.1, -0.05) is 29.3 Å². The summed E-state index contributed by atoms with van der Waals surface area (Å²) in [5.41, 5.74) is 0.133. The van der Waals surface area contributed by atoms with E-state index in [9.17, 15) is 19.6 Å². The lowest BCUT2D eigenvalue weighted by atomic mass is 9.79.